The number of hydrogen-bond donors (Lipinski definition) is 0. The second-order valence-electron chi connectivity index (χ2n) is 15.4. The number of rotatable bonds is 26. The first-order valence-electron chi connectivity index (χ1n) is 21.4. The maximum Gasteiger partial charge on any atom is 0.257 e. The van der Waals surface area contributed by atoms with Crippen LogP contribution in [-0.2, 0) is 0 Å². The lowest BCUT2D eigenvalue weighted by Crippen LogP contribution is -2.46. The Morgan fingerprint density at radius 2 is 1.30 bits per heavy atom. The van der Waals surface area contributed by atoms with Crippen LogP contribution in [0.3, 0.4) is 0 Å². The fraction of sp³-hybridized carbons (Fsp3) is 0.609. The van der Waals surface area contributed by atoms with Gasteiger partial charge < -0.3 is 9.64 Å². The van der Waals surface area contributed by atoms with Gasteiger partial charge in [0.25, 0.3) is 5.56 Å². The number of nitrogens with zero attached hydrogens (tertiary/aromatic N) is 3. The molecule has 53 heavy (non-hydrogen) atoms. The Morgan fingerprint density at radius 3 is 1.96 bits per heavy atom. The summed E-state index contributed by atoms with van der Waals surface area (Å²) in [5, 5.41) is 4.45. The van der Waals surface area contributed by atoms with Gasteiger partial charge in [0.05, 0.1) is 12.1 Å². The Balaban J connectivity index is 0.916. The van der Waals surface area contributed by atoms with Gasteiger partial charge >= 0.3 is 0 Å². The molecule has 1 aliphatic rings. The number of benzene rings is 2. The highest BCUT2D eigenvalue weighted by molar-refractivity contribution is 7.17. The van der Waals surface area contributed by atoms with Crippen molar-refractivity contribution in [2.75, 3.05) is 44.2 Å². The minimum absolute atomic E-state index is 0.110. The number of thiophene rings is 1. The van der Waals surface area contributed by atoms with Crippen molar-refractivity contribution in [3.8, 4) is 5.75 Å². The summed E-state index contributed by atoms with van der Waals surface area (Å²) in [6, 6.07) is 18.0. The number of carbonyl (C=O) groups excluding carboxylic acids is 1. The molecule has 0 saturated carbocycles. The molecule has 2 aromatic carbocycles. The lowest BCUT2D eigenvalue weighted by atomic mass is 10.0. The highest BCUT2D eigenvalue weighted by atomic mass is 32.1. The molecule has 0 spiro atoms. The highest BCUT2D eigenvalue weighted by Gasteiger charge is 2.19. The number of unbranched alkanes of at least 4 members (excludes halogenated alkanes) is 18. The lowest BCUT2D eigenvalue weighted by Gasteiger charge is -2.36. The number of anilines is 1. The minimum Gasteiger partial charge on any atom is -0.494 e. The Labute approximate surface area is 323 Å². The molecular formula is C46H67N3O3S. The van der Waals surface area contributed by atoms with Gasteiger partial charge in [-0.25, -0.2) is 4.57 Å². The van der Waals surface area contributed by atoms with Gasteiger partial charge in [-0.2, -0.15) is 0 Å². The summed E-state index contributed by atoms with van der Waals surface area (Å²) in [6.45, 7) is 8.26. The van der Waals surface area contributed by atoms with Gasteiger partial charge in [-0.15, -0.1) is 11.3 Å². The molecule has 1 aliphatic heterocycles. The van der Waals surface area contributed by atoms with E-state index in [0.29, 0.717) is 24.3 Å². The van der Waals surface area contributed by atoms with E-state index in [1.54, 1.807) is 0 Å². The van der Waals surface area contributed by atoms with Crippen molar-refractivity contribution in [3.63, 3.8) is 0 Å². The Kier molecular flexibility index (Phi) is 18.3. The Hall–Kier alpha value is -3.16. The monoisotopic (exact) mass is 741 g/mol. The van der Waals surface area contributed by atoms with Gasteiger partial charge in [-0.05, 0) is 73.0 Å². The van der Waals surface area contributed by atoms with E-state index >= 15 is 0 Å². The molecule has 7 heteroatoms. The van der Waals surface area contributed by atoms with E-state index in [0.717, 1.165) is 70.2 Å². The minimum atomic E-state index is -0.255. The average molecular weight is 742 g/mol. The van der Waals surface area contributed by atoms with Crippen LogP contribution in [-0.4, -0.2) is 54.7 Å². The maximum absolute atomic E-state index is 13.3. The van der Waals surface area contributed by atoms with Crippen molar-refractivity contribution in [1.29, 1.82) is 0 Å². The first-order chi connectivity index (χ1) is 26.1. The molecule has 0 radical (unpaired) electrons. The van der Waals surface area contributed by atoms with Crippen molar-refractivity contribution in [1.82, 2.24) is 9.47 Å². The van der Waals surface area contributed by atoms with Crippen LogP contribution < -0.4 is 15.2 Å². The van der Waals surface area contributed by atoms with Gasteiger partial charge in [0.1, 0.15) is 5.75 Å². The first kappa shape index (κ1) is 41.0. The van der Waals surface area contributed by atoms with Crippen LogP contribution in [0.4, 0.5) is 5.69 Å². The fourth-order valence-electron chi connectivity index (χ4n) is 7.94. The molecule has 6 nitrogen and oxygen atoms in total. The molecule has 2 aromatic heterocycles. The second kappa shape index (κ2) is 23.6. The van der Waals surface area contributed by atoms with E-state index in [4.69, 9.17) is 4.74 Å². The number of carbonyl (C=O) groups is 1. The molecular weight excluding hydrogens is 675 g/mol. The van der Waals surface area contributed by atoms with E-state index in [1.165, 1.54) is 123 Å². The third-order valence-electron chi connectivity index (χ3n) is 11.2. The second-order valence-corrected chi connectivity index (χ2v) is 16.3. The topological polar surface area (TPSA) is 54.8 Å². The van der Waals surface area contributed by atoms with Crippen LogP contribution in [0.5, 0.6) is 5.75 Å². The number of fused-ring (bicyclic) bond motifs is 2. The molecule has 290 valence electrons. The van der Waals surface area contributed by atoms with Crippen molar-refractivity contribution >= 4 is 43.9 Å². The van der Waals surface area contributed by atoms with E-state index in [1.807, 2.05) is 35.6 Å². The van der Waals surface area contributed by atoms with Crippen LogP contribution in [0.1, 0.15) is 147 Å². The number of piperazine rings is 1. The molecule has 0 atom stereocenters. The number of aromatic nitrogens is 1. The van der Waals surface area contributed by atoms with Crippen LogP contribution in [0.25, 0.3) is 21.0 Å². The molecule has 0 unspecified atom stereocenters. The molecule has 3 heterocycles. The fourth-order valence-corrected chi connectivity index (χ4v) is 8.75. The quantitative estimate of drug-likeness (QED) is 0.0600. The molecule has 0 amide bonds. The summed E-state index contributed by atoms with van der Waals surface area (Å²) >= 11 is 1.81. The molecule has 0 N–H and O–H groups in total. The van der Waals surface area contributed by atoms with Crippen LogP contribution in [0.15, 0.2) is 64.8 Å². The summed E-state index contributed by atoms with van der Waals surface area (Å²) in [5.74, 6) is 0.607. The summed E-state index contributed by atoms with van der Waals surface area (Å²) in [6.07, 6.45) is 26.2. The Bertz CT molecular complexity index is 1690. The normalized spacial score (nSPS) is 13.7. The van der Waals surface area contributed by atoms with Gasteiger partial charge in [-0.1, -0.05) is 122 Å². The molecule has 5 rings (SSSR count). The molecule has 4 aromatic rings. The highest BCUT2D eigenvalue weighted by Crippen LogP contribution is 2.31. The Morgan fingerprint density at radius 1 is 0.679 bits per heavy atom. The molecule has 1 saturated heterocycles. The smallest absolute Gasteiger partial charge is 0.257 e. The largest absolute Gasteiger partial charge is 0.494 e. The summed E-state index contributed by atoms with van der Waals surface area (Å²) in [4.78, 5) is 31.2. The third kappa shape index (κ3) is 13.6. The maximum atomic E-state index is 13.3. The standard InChI is InChI=1S/C46H67N3O3S/c1-2-3-4-5-6-7-8-9-10-11-12-13-14-15-16-17-18-19-25-45(50)49-43-38-40(28-26-39(43)27-29-46(49)51)52-36-21-20-31-47-32-34-48(35-33-47)42-23-22-24-44-41(42)30-37-53-44/h22-24,26-30,37-38H,2-21,25,31-36H2,1H3. The van der Waals surface area contributed by atoms with Crippen molar-refractivity contribution in [2.45, 2.75) is 142 Å². The van der Waals surface area contributed by atoms with Gasteiger partial charge in [-0.3, -0.25) is 14.5 Å². The summed E-state index contributed by atoms with van der Waals surface area (Å²) < 4.78 is 8.87. The van der Waals surface area contributed by atoms with Gasteiger partial charge in [0, 0.05) is 60.5 Å². The summed E-state index contributed by atoms with van der Waals surface area (Å²) in [5.41, 5.74) is 1.76. The predicted molar refractivity (Wildman–Crippen MR) is 227 cm³/mol. The van der Waals surface area contributed by atoms with Crippen LogP contribution >= 0.6 is 11.3 Å². The van der Waals surface area contributed by atoms with Gasteiger partial charge in [0.2, 0.25) is 5.91 Å². The zero-order chi connectivity index (χ0) is 36.9. The van der Waals surface area contributed by atoms with Crippen LogP contribution in [0.2, 0.25) is 0 Å². The molecule has 1 fully saturated rings. The van der Waals surface area contributed by atoms with Crippen molar-refractivity contribution in [3.05, 3.63) is 70.3 Å². The number of hydrogen-bond acceptors (Lipinski definition) is 6. The SMILES string of the molecule is CCCCCCCCCCCCCCCCCCCCC(=O)n1c(=O)ccc2ccc(OCCCCN3CCN(c4cccc5sccc45)CC3)cc21. The average Bonchev–Trinajstić information content (AvgIpc) is 3.67. The van der Waals surface area contributed by atoms with E-state index in [-0.39, 0.29) is 11.5 Å². The van der Waals surface area contributed by atoms with Crippen molar-refractivity contribution < 1.29 is 9.53 Å². The van der Waals surface area contributed by atoms with Crippen LogP contribution in [0, 0.1) is 0 Å². The zero-order valence-corrected chi connectivity index (χ0v) is 33.7. The number of ether oxygens (including phenoxy) is 1. The van der Waals surface area contributed by atoms with Crippen molar-refractivity contribution in [2.24, 2.45) is 0 Å². The molecule has 0 bridgehead atoms. The predicted octanol–water partition coefficient (Wildman–Crippen LogP) is 12.3. The lowest BCUT2D eigenvalue weighted by molar-refractivity contribution is 0.0900. The first-order valence-corrected chi connectivity index (χ1v) is 22.3. The number of pyridine rings is 1. The molecule has 0 aliphatic carbocycles. The van der Waals surface area contributed by atoms with E-state index < -0.39 is 0 Å². The van der Waals surface area contributed by atoms with E-state index in [9.17, 15) is 9.59 Å². The van der Waals surface area contributed by atoms with Gasteiger partial charge in [0.15, 0.2) is 0 Å². The van der Waals surface area contributed by atoms with E-state index in [2.05, 4.69) is 46.4 Å². The third-order valence-corrected chi connectivity index (χ3v) is 12.1. The summed E-state index contributed by atoms with van der Waals surface area (Å²) in [7, 11) is 0. The zero-order valence-electron chi connectivity index (χ0n) is 32.8.